The number of rotatable bonds is 8. The predicted octanol–water partition coefficient (Wildman–Crippen LogP) is 1.12. The van der Waals surface area contributed by atoms with E-state index in [1.165, 1.54) is 32.4 Å². The summed E-state index contributed by atoms with van der Waals surface area (Å²) in [7, 11) is 2.99. The minimum absolute atomic E-state index is 0.218. The van der Waals surface area contributed by atoms with Crippen LogP contribution >= 0.6 is 0 Å². The number of hydrogen-bond acceptors (Lipinski definition) is 5. The molecule has 0 bridgehead atoms. The predicted molar refractivity (Wildman–Crippen MR) is 98.0 cm³/mol. The molecule has 0 saturated heterocycles. The Morgan fingerprint density at radius 2 is 1.89 bits per heavy atom. The third-order valence-electron chi connectivity index (χ3n) is 3.87. The zero-order chi connectivity index (χ0) is 19.8. The van der Waals surface area contributed by atoms with Gasteiger partial charge in [0.2, 0.25) is 11.8 Å². The molecule has 0 fully saturated rings. The highest BCUT2D eigenvalue weighted by Gasteiger charge is 2.22. The van der Waals surface area contributed by atoms with Gasteiger partial charge in [-0.3, -0.25) is 9.59 Å². The highest BCUT2D eigenvalue weighted by molar-refractivity contribution is 5.85. The van der Waals surface area contributed by atoms with Crippen LogP contribution in [-0.2, 0) is 9.59 Å². The second-order valence-corrected chi connectivity index (χ2v) is 5.64. The molecule has 4 N–H and O–H groups in total. The van der Waals surface area contributed by atoms with E-state index in [0.717, 1.165) is 0 Å². The van der Waals surface area contributed by atoms with Gasteiger partial charge >= 0.3 is 0 Å². The summed E-state index contributed by atoms with van der Waals surface area (Å²) in [4.78, 5) is 23.6. The van der Waals surface area contributed by atoms with E-state index in [1.54, 1.807) is 24.3 Å². The number of hydrogen-bond donors (Lipinski definition) is 3. The highest BCUT2D eigenvalue weighted by atomic mass is 19.1. The van der Waals surface area contributed by atoms with E-state index in [0.29, 0.717) is 22.6 Å². The van der Waals surface area contributed by atoms with Gasteiger partial charge in [0.1, 0.15) is 17.3 Å². The molecule has 8 heteroatoms. The lowest BCUT2D eigenvalue weighted by Crippen LogP contribution is -2.41. The number of carbonyl (C=O) groups is 2. The van der Waals surface area contributed by atoms with Crippen LogP contribution in [0.25, 0.3) is 0 Å². The molecule has 144 valence electrons. The lowest BCUT2D eigenvalue weighted by atomic mass is 9.97. The molecule has 1 atom stereocenters. The van der Waals surface area contributed by atoms with Crippen LogP contribution < -0.4 is 25.8 Å². The van der Waals surface area contributed by atoms with Crippen molar-refractivity contribution in [3.8, 4) is 11.5 Å². The molecule has 2 aromatic carbocycles. The van der Waals surface area contributed by atoms with Crippen LogP contribution in [0.4, 0.5) is 4.39 Å². The number of ether oxygens (including phenoxy) is 2. The molecule has 1 unspecified atom stereocenters. The number of nitrogens with two attached hydrogens (primary N) is 1. The summed E-state index contributed by atoms with van der Waals surface area (Å²) in [5.74, 6) is -0.388. The van der Waals surface area contributed by atoms with Crippen molar-refractivity contribution in [2.75, 3.05) is 27.3 Å². The Balaban J connectivity index is 2.38. The number of halogens is 1. The normalized spacial score (nSPS) is 11.4. The van der Waals surface area contributed by atoms with Crippen LogP contribution in [0.5, 0.6) is 11.5 Å². The summed E-state index contributed by atoms with van der Waals surface area (Å²) in [6.07, 6.45) is 0. The van der Waals surface area contributed by atoms with Crippen molar-refractivity contribution in [3.63, 3.8) is 0 Å². The van der Waals surface area contributed by atoms with E-state index >= 15 is 0 Å². The summed E-state index contributed by atoms with van der Waals surface area (Å²) in [6, 6.07) is 10.4. The molecule has 7 nitrogen and oxygen atoms in total. The molecule has 27 heavy (non-hydrogen) atoms. The molecular weight excluding hydrogens is 353 g/mol. The van der Waals surface area contributed by atoms with Gasteiger partial charge in [0.05, 0.1) is 33.4 Å². The fourth-order valence-corrected chi connectivity index (χ4v) is 2.56. The first-order chi connectivity index (χ1) is 13.0. The van der Waals surface area contributed by atoms with Gasteiger partial charge in [0, 0.05) is 5.56 Å². The van der Waals surface area contributed by atoms with Crippen molar-refractivity contribution in [2.45, 2.75) is 6.04 Å². The average Bonchev–Trinajstić information content (AvgIpc) is 2.70. The third-order valence-corrected chi connectivity index (χ3v) is 3.87. The van der Waals surface area contributed by atoms with Crippen LogP contribution in [0.15, 0.2) is 42.5 Å². The Morgan fingerprint density at radius 1 is 1.11 bits per heavy atom. The van der Waals surface area contributed by atoms with E-state index in [-0.39, 0.29) is 13.1 Å². The summed E-state index contributed by atoms with van der Waals surface area (Å²) >= 11 is 0. The first-order valence-corrected chi connectivity index (χ1v) is 8.22. The molecule has 0 heterocycles. The van der Waals surface area contributed by atoms with Crippen molar-refractivity contribution in [1.82, 2.24) is 10.6 Å². The number of carbonyl (C=O) groups excluding carboxylic acids is 2. The van der Waals surface area contributed by atoms with Crippen molar-refractivity contribution < 1.29 is 23.5 Å². The van der Waals surface area contributed by atoms with E-state index in [4.69, 9.17) is 15.2 Å². The molecule has 0 radical (unpaired) electrons. The minimum atomic E-state index is -0.715. The van der Waals surface area contributed by atoms with Gasteiger partial charge in [-0.05, 0) is 35.9 Å². The maximum absolute atomic E-state index is 13.9. The Morgan fingerprint density at radius 3 is 2.56 bits per heavy atom. The van der Waals surface area contributed by atoms with Crippen LogP contribution in [0.3, 0.4) is 0 Å². The number of methoxy groups -OCH3 is 2. The Bertz CT molecular complexity index is 813. The fourth-order valence-electron chi connectivity index (χ4n) is 2.56. The third kappa shape index (κ3) is 5.42. The summed E-state index contributed by atoms with van der Waals surface area (Å²) in [5.41, 5.74) is 6.31. The quantitative estimate of drug-likeness (QED) is 0.642. The van der Waals surface area contributed by atoms with E-state index < -0.39 is 23.7 Å². The first kappa shape index (κ1) is 20.2. The molecule has 0 aliphatic heterocycles. The standard InChI is InChI=1S/C19H22FN3O4/c1-26-14-5-3-4-12(8-14)19(23-18(25)11-22-17(24)10-21)15-9-13(20)6-7-16(15)27-2/h3-9,19H,10-11,21H2,1-2H3,(H,22,24)(H,23,25). The zero-order valence-corrected chi connectivity index (χ0v) is 15.1. The summed E-state index contributed by atoms with van der Waals surface area (Å²) in [5, 5.41) is 5.18. The second-order valence-electron chi connectivity index (χ2n) is 5.64. The minimum Gasteiger partial charge on any atom is -0.497 e. The summed E-state index contributed by atoms with van der Waals surface area (Å²) < 4.78 is 24.4. The molecule has 0 spiro atoms. The largest absolute Gasteiger partial charge is 0.497 e. The number of benzene rings is 2. The molecule has 2 rings (SSSR count). The maximum Gasteiger partial charge on any atom is 0.240 e. The average molecular weight is 375 g/mol. The van der Waals surface area contributed by atoms with Crippen LogP contribution in [-0.4, -0.2) is 39.1 Å². The lowest BCUT2D eigenvalue weighted by molar-refractivity contribution is -0.125. The second kappa shape index (κ2) is 9.54. The van der Waals surface area contributed by atoms with Gasteiger partial charge in [0.25, 0.3) is 0 Å². The Labute approximate surface area is 156 Å². The molecule has 0 saturated carbocycles. The van der Waals surface area contributed by atoms with Crippen molar-refractivity contribution in [3.05, 3.63) is 59.4 Å². The lowest BCUT2D eigenvalue weighted by Gasteiger charge is -2.22. The van der Waals surface area contributed by atoms with Crippen molar-refractivity contribution >= 4 is 11.8 Å². The zero-order valence-electron chi connectivity index (χ0n) is 15.1. The van der Waals surface area contributed by atoms with Crippen LogP contribution in [0.2, 0.25) is 0 Å². The van der Waals surface area contributed by atoms with Gasteiger partial charge in [-0.25, -0.2) is 4.39 Å². The van der Waals surface area contributed by atoms with Crippen molar-refractivity contribution in [2.24, 2.45) is 5.73 Å². The Hall–Kier alpha value is -3.13. The molecule has 0 aromatic heterocycles. The van der Waals surface area contributed by atoms with Gasteiger partial charge in [-0.15, -0.1) is 0 Å². The highest BCUT2D eigenvalue weighted by Crippen LogP contribution is 2.32. The van der Waals surface area contributed by atoms with Gasteiger partial charge in [-0.1, -0.05) is 12.1 Å². The molecular formula is C19H22FN3O4. The smallest absolute Gasteiger partial charge is 0.240 e. The summed E-state index contributed by atoms with van der Waals surface area (Å²) in [6.45, 7) is -0.474. The van der Waals surface area contributed by atoms with Gasteiger partial charge in [-0.2, -0.15) is 0 Å². The number of nitrogens with one attached hydrogen (secondary N) is 2. The SMILES string of the molecule is COc1cccc(C(NC(=O)CNC(=O)CN)c2cc(F)ccc2OC)c1. The van der Waals surface area contributed by atoms with Crippen LogP contribution in [0.1, 0.15) is 17.2 Å². The van der Waals surface area contributed by atoms with Crippen molar-refractivity contribution in [1.29, 1.82) is 0 Å². The van der Waals surface area contributed by atoms with E-state index in [2.05, 4.69) is 10.6 Å². The van der Waals surface area contributed by atoms with Crippen LogP contribution in [0, 0.1) is 5.82 Å². The topological polar surface area (TPSA) is 103 Å². The first-order valence-electron chi connectivity index (χ1n) is 8.22. The van der Waals surface area contributed by atoms with Gasteiger partial charge < -0.3 is 25.8 Å². The molecule has 2 aromatic rings. The maximum atomic E-state index is 13.9. The van der Waals surface area contributed by atoms with Gasteiger partial charge in [0.15, 0.2) is 0 Å². The van der Waals surface area contributed by atoms with E-state index in [9.17, 15) is 14.0 Å². The monoisotopic (exact) mass is 375 g/mol. The molecule has 0 aliphatic carbocycles. The molecule has 2 amide bonds. The van der Waals surface area contributed by atoms with E-state index in [1.807, 2.05) is 0 Å². The molecule has 0 aliphatic rings. The Kier molecular flexibility index (Phi) is 7.13. The number of amides is 2. The fraction of sp³-hybridized carbons (Fsp3) is 0.263.